The van der Waals surface area contributed by atoms with E-state index >= 15 is 0 Å². The molecule has 0 aliphatic carbocycles. The number of nitrogens with one attached hydrogen (secondary N) is 1. The number of hydrogen-bond acceptors (Lipinski definition) is 4. The fourth-order valence-corrected chi connectivity index (χ4v) is 3.04. The predicted molar refractivity (Wildman–Crippen MR) is 69.9 cm³/mol. The summed E-state index contributed by atoms with van der Waals surface area (Å²) in [7, 11) is -2.16. The van der Waals surface area contributed by atoms with Gasteiger partial charge in [-0.1, -0.05) is 18.2 Å². The minimum atomic E-state index is -3.73. The number of sulfonamides is 1. The zero-order valence-corrected chi connectivity index (χ0v) is 11.3. The summed E-state index contributed by atoms with van der Waals surface area (Å²) in [5.74, 6) is 0.158. The molecule has 2 rings (SSSR count). The maximum absolute atomic E-state index is 12.3. The maximum Gasteiger partial charge on any atom is 0.263 e. The molecule has 1 aromatic heterocycles. The first-order valence-corrected chi connectivity index (χ1v) is 6.94. The Morgan fingerprint density at radius 1 is 1.37 bits per heavy atom. The fourth-order valence-electron chi connectivity index (χ4n) is 1.68. The van der Waals surface area contributed by atoms with Crippen LogP contribution < -0.4 is 4.72 Å². The molecular formula is C12H12N4O2S. The van der Waals surface area contributed by atoms with Gasteiger partial charge in [-0.05, 0) is 18.6 Å². The van der Waals surface area contributed by atoms with Crippen molar-refractivity contribution >= 4 is 15.8 Å². The van der Waals surface area contributed by atoms with Gasteiger partial charge in [-0.2, -0.15) is 10.4 Å². The quantitative estimate of drug-likeness (QED) is 0.917. The molecule has 7 heteroatoms. The first kappa shape index (κ1) is 13.1. The third kappa shape index (κ3) is 2.44. The third-order valence-corrected chi connectivity index (χ3v) is 4.17. The number of nitrogens with zero attached hydrogens (tertiary/aromatic N) is 3. The average molecular weight is 276 g/mol. The Balaban J connectivity index is 2.46. The van der Waals surface area contributed by atoms with Crippen molar-refractivity contribution < 1.29 is 8.42 Å². The van der Waals surface area contributed by atoms with E-state index in [0.717, 1.165) is 0 Å². The van der Waals surface area contributed by atoms with Crippen molar-refractivity contribution in [2.45, 2.75) is 11.8 Å². The Bertz CT molecular complexity index is 756. The van der Waals surface area contributed by atoms with E-state index in [1.165, 1.54) is 16.9 Å². The van der Waals surface area contributed by atoms with Gasteiger partial charge in [0.25, 0.3) is 10.0 Å². The van der Waals surface area contributed by atoms with Crippen LogP contribution in [0.2, 0.25) is 0 Å². The molecule has 0 radical (unpaired) electrons. The van der Waals surface area contributed by atoms with E-state index in [1.807, 2.05) is 6.07 Å². The molecule has 1 heterocycles. The molecular weight excluding hydrogens is 264 g/mol. The highest BCUT2D eigenvalue weighted by atomic mass is 32.2. The van der Waals surface area contributed by atoms with Gasteiger partial charge in [0.1, 0.15) is 11.6 Å². The normalized spacial score (nSPS) is 11.0. The van der Waals surface area contributed by atoms with E-state index in [0.29, 0.717) is 5.56 Å². The van der Waals surface area contributed by atoms with E-state index in [9.17, 15) is 8.42 Å². The van der Waals surface area contributed by atoms with Crippen LogP contribution in [0.15, 0.2) is 35.4 Å². The van der Waals surface area contributed by atoms with Crippen molar-refractivity contribution in [1.29, 1.82) is 5.26 Å². The Kier molecular flexibility index (Phi) is 3.27. The van der Waals surface area contributed by atoms with Gasteiger partial charge in [-0.3, -0.25) is 9.40 Å². The Morgan fingerprint density at radius 3 is 2.68 bits per heavy atom. The molecule has 19 heavy (non-hydrogen) atoms. The first-order valence-electron chi connectivity index (χ1n) is 5.46. The number of nitriles is 1. The second-order valence-corrected chi connectivity index (χ2v) is 5.66. The Labute approximate surface area is 111 Å². The van der Waals surface area contributed by atoms with Crippen LogP contribution in [0, 0.1) is 18.3 Å². The topological polar surface area (TPSA) is 87.8 Å². The van der Waals surface area contributed by atoms with Crippen LogP contribution in [0.1, 0.15) is 11.1 Å². The van der Waals surface area contributed by atoms with E-state index in [-0.39, 0.29) is 16.3 Å². The number of benzene rings is 1. The molecule has 0 fully saturated rings. The SMILES string of the molecule is Cc1ccccc1S(=O)(=O)Nc1c(C#N)cnn1C. The lowest BCUT2D eigenvalue weighted by Gasteiger charge is -2.10. The van der Waals surface area contributed by atoms with Gasteiger partial charge < -0.3 is 0 Å². The van der Waals surface area contributed by atoms with Crippen molar-refractivity contribution in [3.05, 3.63) is 41.6 Å². The molecule has 1 N–H and O–H groups in total. The minimum Gasteiger partial charge on any atom is -0.262 e. The minimum absolute atomic E-state index is 0.158. The molecule has 0 saturated heterocycles. The van der Waals surface area contributed by atoms with Crippen LogP contribution in [-0.4, -0.2) is 18.2 Å². The van der Waals surface area contributed by atoms with Crippen molar-refractivity contribution in [2.24, 2.45) is 7.05 Å². The van der Waals surface area contributed by atoms with Crippen molar-refractivity contribution in [1.82, 2.24) is 9.78 Å². The standard InChI is InChI=1S/C12H12N4O2S/c1-9-5-3-4-6-11(9)19(17,18)15-12-10(7-13)8-14-16(12)2/h3-6,8,15H,1-2H3. The fraction of sp³-hybridized carbons (Fsp3) is 0.167. The van der Waals surface area contributed by atoms with Crippen LogP contribution in [0.4, 0.5) is 5.82 Å². The van der Waals surface area contributed by atoms with Crippen LogP contribution >= 0.6 is 0 Å². The average Bonchev–Trinajstić information content (AvgIpc) is 2.70. The highest BCUT2D eigenvalue weighted by Crippen LogP contribution is 2.20. The lowest BCUT2D eigenvalue weighted by Crippen LogP contribution is -2.17. The van der Waals surface area contributed by atoms with E-state index in [2.05, 4.69) is 9.82 Å². The predicted octanol–water partition coefficient (Wildman–Crippen LogP) is 1.40. The maximum atomic E-state index is 12.3. The van der Waals surface area contributed by atoms with Crippen LogP contribution in [0.25, 0.3) is 0 Å². The molecule has 0 unspecified atom stereocenters. The Hall–Kier alpha value is -2.33. The lowest BCUT2D eigenvalue weighted by atomic mass is 10.2. The van der Waals surface area contributed by atoms with E-state index in [4.69, 9.17) is 5.26 Å². The molecule has 0 bridgehead atoms. The highest BCUT2D eigenvalue weighted by molar-refractivity contribution is 7.92. The van der Waals surface area contributed by atoms with Gasteiger partial charge in [-0.15, -0.1) is 0 Å². The number of hydrogen-bond donors (Lipinski definition) is 1. The number of rotatable bonds is 3. The molecule has 0 saturated carbocycles. The van der Waals surface area contributed by atoms with Crippen molar-refractivity contribution in [3.63, 3.8) is 0 Å². The molecule has 1 aromatic carbocycles. The summed E-state index contributed by atoms with van der Waals surface area (Å²) >= 11 is 0. The van der Waals surface area contributed by atoms with Gasteiger partial charge in [0.05, 0.1) is 11.1 Å². The monoisotopic (exact) mass is 276 g/mol. The summed E-state index contributed by atoms with van der Waals surface area (Å²) in [4.78, 5) is 0.181. The summed E-state index contributed by atoms with van der Waals surface area (Å²) in [6.07, 6.45) is 1.32. The van der Waals surface area contributed by atoms with Crippen LogP contribution in [-0.2, 0) is 17.1 Å². The van der Waals surface area contributed by atoms with E-state index in [1.54, 1.807) is 32.2 Å². The smallest absolute Gasteiger partial charge is 0.262 e. The molecule has 0 spiro atoms. The number of anilines is 1. The molecule has 0 amide bonds. The highest BCUT2D eigenvalue weighted by Gasteiger charge is 2.20. The Morgan fingerprint density at radius 2 is 2.05 bits per heavy atom. The molecule has 0 aliphatic heterocycles. The van der Waals surface area contributed by atoms with Gasteiger partial charge in [0.15, 0.2) is 5.82 Å². The zero-order valence-electron chi connectivity index (χ0n) is 10.5. The third-order valence-electron chi connectivity index (χ3n) is 2.67. The van der Waals surface area contributed by atoms with Gasteiger partial charge in [0, 0.05) is 7.05 Å². The van der Waals surface area contributed by atoms with Gasteiger partial charge in [0.2, 0.25) is 0 Å². The summed E-state index contributed by atoms with van der Waals surface area (Å²) < 4.78 is 28.3. The number of aryl methyl sites for hydroxylation is 2. The lowest BCUT2D eigenvalue weighted by molar-refractivity contribution is 0.599. The second kappa shape index (κ2) is 4.74. The molecule has 6 nitrogen and oxygen atoms in total. The molecule has 0 aliphatic rings. The van der Waals surface area contributed by atoms with Crippen LogP contribution in [0.3, 0.4) is 0 Å². The van der Waals surface area contributed by atoms with Crippen LogP contribution in [0.5, 0.6) is 0 Å². The zero-order chi connectivity index (χ0) is 14.0. The summed E-state index contributed by atoms with van der Waals surface area (Å²) in [6, 6.07) is 8.53. The second-order valence-electron chi connectivity index (χ2n) is 4.01. The molecule has 2 aromatic rings. The first-order chi connectivity index (χ1) is 8.95. The molecule has 98 valence electrons. The van der Waals surface area contributed by atoms with Crippen molar-refractivity contribution in [2.75, 3.05) is 4.72 Å². The largest absolute Gasteiger partial charge is 0.263 e. The summed E-state index contributed by atoms with van der Waals surface area (Å²) in [5, 5.41) is 12.8. The number of aromatic nitrogens is 2. The van der Waals surface area contributed by atoms with Crippen molar-refractivity contribution in [3.8, 4) is 6.07 Å². The summed E-state index contributed by atoms with van der Waals surface area (Å²) in [6.45, 7) is 1.71. The van der Waals surface area contributed by atoms with Gasteiger partial charge in [-0.25, -0.2) is 8.42 Å². The molecule has 0 atom stereocenters. The van der Waals surface area contributed by atoms with Gasteiger partial charge >= 0.3 is 0 Å². The van der Waals surface area contributed by atoms with E-state index < -0.39 is 10.0 Å². The summed E-state index contributed by atoms with van der Waals surface area (Å²) in [5.41, 5.74) is 0.815.